The molecule has 0 bridgehead atoms. The molecule has 0 aromatic carbocycles. The zero-order valence-electron chi connectivity index (χ0n) is 11.4. The first-order chi connectivity index (χ1) is 9.18. The van der Waals surface area contributed by atoms with Crippen LogP contribution in [0, 0.1) is 5.92 Å². The number of hydrogen-bond donors (Lipinski definition) is 1. The Balaban J connectivity index is 2.01. The number of likely N-dealkylation sites (N-methyl/N-ethyl adjacent to an activating group) is 1. The Kier molecular flexibility index (Phi) is 3.27. The van der Waals surface area contributed by atoms with Gasteiger partial charge in [-0.1, -0.05) is 31.4 Å². The molecule has 1 amide bonds. The number of amides is 1. The van der Waals surface area contributed by atoms with E-state index in [2.05, 4.69) is 17.1 Å². The van der Waals surface area contributed by atoms with Crippen LogP contribution in [-0.4, -0.2) is 29.7 Å². The largest absolute Gasteiger partial charge is 0.315 e. The van der Waals surface area contributed by atoms with Gasteiger partial charge in [-0.25, -0.2) is 0 Å². The molecule has 1 saturated carbocycles. The van der Waals surface area contributed by atoms with Crippen molar-refractivity contribution in [3.8, 4) is 0 Å². The van der Waals surface area contributed by atoms with Crippen LogP contribution >= 0.6 is 0 Å². The fourth-order valence-corrected chi connectivity index (χ4v) is 3.35. The molecule has 2 N–H and O–H groups in total. The molecule has 0 saturated heterocycles. The fraction of sp³-hybridized carbons (Fsp3) is 0.600. The van der Waals surface area contributed by atoms with Gasteiger partial charge in [0.15, 0.2) is 6.17 Å². The number of aliphatic imine (C=N–C) groups is 1. The van der Waals surface area contributed by atoms with Crippen LogP contribution in [0.2, 0.25) is 0 Å². The van der Waals surface area contributed by atoms with Crippen molar-refractivity contribution >= 4 is 11.6 Å². The van der Waals surface area contributed by atoms with E-state index >= 15 is 0 Å². The number of nitrogens with zero attached hydrogens (tertiary/aromatic N) is 2. The van der Waals surface area contributed by atoms with Crippen molar-refractivity contribution in [2.75, 3.05) is 7.05 Å². The van der Waals surface area contributed by atoms with Crippen LogP contribution in [0.15, 0.2) is 28.4 Å². The summed E-state index contributed by atoms with van der Waals surface area (Å²) in [5, 5.41) is 0. The maximum Gasteiger partial charge on any atom is 0.265 e. The van der Waals surface area contributed by atoms with Crippen LogP contribution in [-0.2, 0) is 4.79 Å². The topological polar surface area (TPSA) is 58.7 Å². The second-order valence-corrected chi connectivity index (χ2v) is 5.66. The van der Waals surface area contributed by atoms with E-state index < -0.39 is 6.17 Å². The molecular weight excluding hydrogens is 238 g/mol. The maximum absolute atomic E-state index is 12.1. The molecule has 19 heavy (non-hydrogen) atoms. The first kappa shape index (κ1) is 12.6. The normalized spacial score (nSPS) is 28.5. The van der Waals surface area contributed by atoms with Crippen molar-refractivity contribution in [2.45, 2.75) is 44.7 Å². The first-order valence-corrected chi connectivity index (χ1v) is 7.19. The standard InChI is InChI=1S/C15H21N3O/c1-18-12-9-5-8-11(12)13(17-14(16)15(18)19)10-6-3-2-4-7-10/h5,8,10,14H,2-4,6-7,9,16H2,1H3. The first-order valence-electron chi connectivity index (χ1n) is 7.19. The summed E-state index contributed by atoms with van der Waals surface area (Å²) in [5.74, 6) is 0.383. The third-order valence-electron chi connectivity index (χ3n) is 4.44. The molecule has 1 aliphatic heterocycles. The van der Waals surface area contributed by atoms with Gasteiger partial charge in [0.05, 0.1) is 0 Å². The predicted octanol–water partition coefficient (Wildman–Crippen LogP) is 1.98. The molecule has 3 aliphatic rings. The minimum atomic E-state index is -0.735. The molecule has 2 aliphatic carbocycles. The van der Waals surface area contributed by atoms with Crippen molar-refractivity contribution in [3.63, 3.8) is 0 Å². The van der Waals surface area contributed by atoms with Crippen molar-refractivity contribution in [2.24, 2.45) is 16.6 Å². The quantitative estimate of drug-likeness (QED) is 0.782. The Bertz CT molecular complexity index is 484. The van der Waals surface area contributed by atoms with Crippen molar-refractivity contribution < 1.29 is 4.79 Å². The molecule has 1 atom stereocenters. The number of nitrogens with two attached hydrogens (primary N) is 1. The van der Waals surface area contributed by atoms with Gasteiger partial charge in [0.1, 0.15) is 0 Å². The van der Waals surface area contributed by atoms with E-state index in [-0.39, 0.29) is 5.91 Å². The van der Waals surface area contributed by atoms with E-state index in [1.54, 1.807) is 4.90 Å². The third-order valence-corrected chi connectivity index (χ3v) is 4.44. The highest BCUT2D eigenvalue weighted by Gasteiger charge is 2.32. The number of carbonyl (C=O) groups excluding carboxylic acids is 1. The Morgan fingerprint density at radius 2 is 2.05 bits per heavy atom. The molecule has 0 aromatic heterocycles. The zero-order valence-corrected chi connectivity index (χ0v) is 11.4. The second-order valence-electron chi connectivity index (χ2n) is 5.66. The van der Waals surface area contributed by atoms with Crippen LogP contribution in [0.5, 0.6) is 0 Å². The summed E-state index contributed by atoms with van der Waals surface area (Å²) >= 11 is 0. The van der Waals surface area contributed by atoms with Crippen LogP contribution in [0.4, 0.5) is 0 Å². The predicted molar refractivity (Wildman–Crippen MR) is 75.5 cm³/mol. The van der Waals surface area contributed by atoms with E-state index in [1.165, 1.54) is 32.1 Å². The third kappa shape index (κ3) is 2.14. The van der Waals surface area contributed by atoms with E-state index in [1.807, 2.05) is 7.05 Å². The summed E-state index contributed by atoms with van der Waals surface area (Å²) in [6.07, 6.45) is 10.5. The SMILES string of the molecule is CN1C(=O)C(N)N=C(C2CCCCC2)C2=C1CC=C2. The van der Waals surface area contributed by atoms with Gasteiger partial charge in [0.25, 0.3) is 5.91 Å². The van der Waals surface area contributed by atoms with Crippen LogP contribution in [0.1, 0.15) is 38.5 Å². The number of rotatable bonds is 1. The lowest BCUT2D eigenvalue weighted by Crippen LogP contribution is -2.39. The number of allylic oxidation sites excluding steroid dienone is 3. The van der Waals surface area contributed by atoms with Crippen LogP contribution < -0.4 is 5.73 Å². The molecule has 3 rings (SSSR count). The molecule has 0 spiro atoms. The molecule has 4 nitrogen and oxygen atoms in total. The lowest BCUT2D eigenvalue weighted by Gasteiger charge is -2.24. The maximum atomic E-state index is 12.1. The highest BCUT2D eigenvalue weighted by Crippen LogP contribution is 2.34. The van der Waals surface area contributed by atoms with Gasteiger partial charge in [0.2, 0.25) is 0 Å². The summed E-state index contributed by atoms with van der Waals surface area (Å²) < 4.78 is 0. The highest BCUT2D eigenvalue weighted by atomic mass is 16.2. The Morgan fingerprint density at radius 1 is 1.32 bits per heavy atom. The van der Waals surface area contributed by atoms with Gasteiger partial charge in [-0.3, -0.25) is 9.79 Å². The highest BCUT2D eigenvalue weighted by molar-refractivity contribution is 6.08. The van der Waals surface area contributed by atoms with E-state index in [4.69, 9.17) is 5.73 Å². The van der Waals surface area contributed by atoms with Gasteiger partial charge in [-0.05, 0) is 12.8 Å². The lowest BCUT2D eigenvalue weighted by atomic mass is 9.83. The van der Waals surface area contributed by atoms with Crippen LogP contribution in [0.25, 0.3) is 0 Å². The average molecular weight is 259 g/mol. The van der Waals surface area contributed by atoms with Gasteiger partial charge < -0.3 is 10.6 Å². The van der Waals surface area contributed by atoms with E-state index in [0.29, 0.717) is 5.92 Å². The van der Waals surface area contributed by atoms with Crippen molar-refractivity contribution in [1.82, 2.24) is 4.90 Å². The van der Waals surface area contributed by atoms with Crippen molar-refractivity contribution in [3.05, 3.63) is 23.4 Å². The number of carbonyl (C=O) groups is 1. The molecular formula is C15H21N3O. The smallest absolute Gasteiger partial charge is 0.265 e. The molecule has 1 unspecified atom stereocenters. The van der Waals surface area contributed by atoms with Crippen LogP contribution in [0.3, 0.4) is 0 Å². The minimum absolute atomic E-state index is 0.0954. The summed E-state index contributed by atoms with van der Waals surface area (Å²) in [6, 6.07) is 0. The summed E-state index contributed by atoms with van der Waals surface area (Å²) in [7, 11) is 1.81. The molecule has 0 aromatic rings. The average Bonchev–Trinajstić information content (AvgIpc) is 2.89. The molecule has 4 heteroatoms. The summed E-state index contributed by atoms with van der Waals surface area (Å²) in [4.78, 5) is 18.4. The lowest BCUT2D eigenvalue weighted by molar-refractivity contribution is -0.129. The zero-order chi connectivity index (χ0) is 13.4. The second kappa shape index (κ2) is 4.93. The van der Waals surface area contributed by atoms with Crippen molar-refractivity contribution in [1.29, 1.82) is 0 Å². The monoisotopic (exact) mass is 259 g/mol. The molecule has 102 valence electrons. The number of hydrogen-bond acceptors (Lipinski definition) is 3. The Labute approximate surface area is 114 Å². The Morgan fingerprint density at radius 3 is 2.79 bits per heavy atom. The van der Waals surface area contributed by atoms with Gasteiger partial charge in [-0.2, -0.15) is 0 Å². The van der Waals surface area contributed by atoms with Gasteiger partial charge in [0, 0.05) is 36.4 Å². The summed E-state index contributed by atoms with van der Waals surface area (Å²) in [5.41, 5.74) is 9.24. The van der Waals surface area contributed by atoms with Gasteiger partial charge in [-0.15, -0.1) is 0 Å². The summed E-state index contributed by atoms with van der Waals surface area (Å²) in [6.45, 7) is 0. The van der Waals surface area contributed by atoms with E-state index in [0.717, 1.165) is 23.4 Å². The molecule has 1 heterocycles. The Hall–Kier alpha value is -1.42. The van der Waals surface area contributed by atoms with E-state index in [9.17, 15) is 4.79 Å². The van der Waals surface area contributed by atoms with Gasteiger partial charge >= 0.3 is 0 Å². The molecule has 1 fully saturated rings. The molecule has 0 radical (unpaired) electrons. The fourth-order valence-electron chi connectivity index (χ4n) is 3.35. The minimum Gasteiger partial charge on any atom is -0.315 e.